The number of nitrogens with zero attached hydrogens (tertiary/aromatic N) is 2. The summed E-state index contributed by atoms with van der Waals surface area (Å²) in [5.74, 6) is -2.16. The van der Waals surface area contributed by atoms with E-state index in [1.54, 1.807) is 4.90 Å². The van der Waals surface area contributed by atoms with Gasteiger partial charge in [-0.05, 0) is 18.8 Å². The van der Waals surface area contributed by atoms with Crippen molar-refractivity contribution in [2.45, 2.75) is 32.7 Å². The molecule has 1 saturated heterocycles. The monoisotopic (exact) mass is 272 g/mol. The Labute approximate surface area is 111 Å². The number of carbonyl (C=O) groups excluding carboxylic acids is 1. The highest BCUT2D eigenvalue weighted by atomic mass is 16.4. The largest absolute Gasteiger partial charge is 0.480 e. The lowest BCUT2D eigenvalue weighted by Crippen LogP contribution is -2.50. The van der Waals surface area contributed by atoms with Crippen LogP contribution in [0.2, 0.25) is 0 Å². The van der Waals surface area contributed by atoms with Crippen molar-refractivity contribution in [2.75, 3.05) is 19.6 Å². The zero-order valence-electron chi connectivity index (χ0n) is 11.2. The molecule has 1 unspecified atom stereocenters. The molecule has 19 heavy (non-hydrogen) atoms. The fourth-order valence-electron chi connectivity index (χ4n) is 2.42. The van der Waals surface area contributed by atoms with Gasteiger partial charge in [0.1, 0.15) is 13.1 Å². The molecule has 0 radical (unpaired) electrons. The molecule has 0 aromatic heterocycles. The quantitative estimate of drug-likeness (QED) is 0.767. The summed E-state index contributed by atoms with van der Waals surface area (Å²) < 4.78 is 0. The Balaban J connectivity index is 2.79. The SMILES string of the molecule is CC(C)C1CCCN1C(=O)N(CC(=O)O)CC(=O)O. The third-order valence-corrected chi connectivity index (χ3v) is 3.24. The summed E-state index contributed by atoms with van der Waals surface area (Å²) in [6, 6.07) is -0.446. The van der Waals surface area contributed by atoms with Crippen LogP contribution in [0.4, 0.5) is 4.79 Å². The average Bonchev–Trinajstić information content (AvgIpc) is 2.74. The van der Waals surface area contributed by atoms with Crippen molar-refractivity contribution in [3.8, 4) is 0 Å². The number of hydrogen-bond donors (Lipinski definition) is 2. The Morgan fingerprint density at radius 2 is 1.74 bits per heavy atom. The van der Waals surface area contributed by atoms with Crippen molar-refractivity contribution in [3.63, 3.8) is 0 Å². The van der Waals surface area contributed by atoms with E-state index in [0.29, 0.717) is 6.54 Å². The molecule has 2 amide bonds. The zero-order valence-corrected chi connectivity index (χ0v) is 11.2. The molecule has 1 fully saturated rings. The molecule has 1 heterocycles. The van der Waals surface area contributed by atoms with Crippen molar-refractivity contribution in [1.82, 2.24) is 9.80 Å². The topological polar surface area (TPSA) is 98.2 Å². The van der Waals surface area contributed by atoms with E-state index in [0.717, 1.165) is 17.7 Å². The van der Waals surface area contributed by atoms with Gasteiger partial charge in [-0.25, -0.2) is 4.79 Å². The third-order valence-electron chi connectivity index (χ3n) is 3.24. The maximum Gasteiger partial charge on any atom is 0.323 e. The van der Waals surface area contributed by atoms with E-state index >= 15 is 0 Å². The Morgan fingerprint density at radius 3 is 2.16 bits per heavy atom. The fraction of sp³-hybridized carbons (Fsp3) is 0.750. The van der Waals surface area contributed by atoms with Crippen molar-refractivity contribution in [1.29, 1.82) is 0 Å². The second kappa shape index (κ2) is 6.40. The number of carboxylic acid groups (broad SMARTS) is 2. The lowest BCUT2D eigenvalue weighted by Gasteiger charge is -2.32. The standard InChI is InChI=1S/C12H20N2O5/c1-8(2)9-4-3-5-14(9)12(19)13(6-10(15)16)7-11(17)18/h8-9H,3-7H2,1-2H3,(H,15,16)(H,17,18). The Morgan fingerprint density at radius 1 is 1.21 bits per heavy atom. The van der Waals surface area contributed by atoms with Crippen molar-refractivity contribution >= 4 is 18.0 Å². The van der Waals surface area contributed by atoms with E-state index in [-0.39, 0.29) is 12.0 Å². The van der Waals surface area contributed by atoms with Gasteiger partial charge in [0.15, 0.2) is 0 Å². The van der Waals surface area contributed by atoms with Gasteiger partial charge in [-0.3, -0.25) is 9.59 Å². The molecule has 0 aromatic rings. The normalized spacial score (nSPS) is 18.7. The molecule has 108 valence electrons. The predicted molar refractivity (Wildman–Crippen MR) is 66.8 cm³/mol. The molecule has 7 heteroatoms. The van der Waals surface area contributed by atoms with Gasteiger partial charge in [0.05, 0.1) is 0 Å². The Bertz CT molecular complexity index is 353. The van der Waals surface area contributed by atoms with Gasteiger partial charge >= 0.3 is 18.0 Å². The summed E-state index contributed by atoms with van der Waals surface area (Å²) in [5.41, 5.74) is 0. The van der Waals surface area contributed by atoms with Crippen molar-refractivity contribution in [2.24, 2.45) is 5.92 Å². The minimum Gasteiger partial charge on any atom is -0.480 e. The van der Waals surface area contributed by atoms with Crippen LogP contribution < -0.4 is 0 Å². The summed E-state index contributed by atoms with van der Waals surface area (Å²) in [7, 11) is 0. The molecular formula is C12H20N2O5. The number of urea groups is 1. The van der Waals surface area contributed by atoms with E-state index in [1.165, 1.54) is 0 Å². The first-order valence-corrected chi connectivity index (χ1v) is 6.32. The lowest BCUT2D eigenvalue weighted by molar-refractivity contribution is -0.140. The van der Waals surface area contributed by atoms with Gasteiger partial charge < -0.3 is 20.0 Å². The van der Waals surface area contributed by atoms with Crippen LogP contribution >= 0.6 is 0 Å². The molecule has 0 saturated carbocycles. The molecule has 0 aromatic carbocycles. The fourth-order valence-corrected chi connectivity index (χ4v) is 2.42. The van der Waals surface area contributed by atoms with Gasteiger partial charge in [0.2, 0.25) is 0 Å². The van der Waals surface area contributed by atoms with Crippen LogP contribution in [0.1, 0.15) is 26.7 Å². The lowest BCUT2D eigenvalue weighted by atomic mass is 10.0. The van der Waals surface area contributed by atoms with Gasteiger partial charge in [-0.15, -0.1) is 0 Å². The van der Waals surface area contributed by atoms with Crippen LogP contribution in [0.25, 0.3) is 0 Å². The number of amides is 2. The molecule has 7 nitrogen and oxygen atoms in total. The highest BCUT2D eigenvalue weighted by molar-refractivity contribution is 5.84. The molecule has 0 bridgehead atoms. The van der Waals surface area contributed by atoms with Crippen molar-refractivity contribution in [3.05, 3.63) is 0 Å². The maximum absolute atomic E-state index is 12.3. The van der Waals surface area contributed by atoms with E-state index in [1.807, 2.05) is 13.8 Å². The second-order valence-electron chi connectivity index (χ2n) is 5.07. The Hall–Kier alpha value is -1.79. The minimum atomic E-state index is -1.21. The molecule has 1 rings (SSSR count). The number of rotatable bonds is 5. The molecule has 1 aliphatic rings. The highest BCUT2D eigenvalue weighted by Gasteiger charge is 2.34. The van der Waals surface area contributed by atoms with Crippen LogP contribution in [0.15, 0.2) is 0 Å². The van der Waals surface area contributed by atoms with Gasteiger partial charge in [0.25, 0.3) is 0 Å². The summed E-state index contributed by atoms with van der Waals surface area (Å²) >= 11 is 0. The maximum atomic E-state index is 12.3. The van der Waals surface area contributed by atoms with E-state index in [2.05, 4.69) is 0 Å². The molecule has 2 N–H and O–H groups in total. The van der Waals surface area contributed by atoms with Crippen LogP contribution in [0.3, 0.4) is 0 Å². The van der Waals surface area contributed by atoms with E-state index < -0.39 is 31.1 Å². The predicted octanol–water partition coefficient (Wildman–Crippen LogP) is 0.698. The van der Waals surface area contributed by atoms with Crippen LogP contribution in [-0.4, -0.2) is 63.7 Å². The molecule has 0 spiro atoms. The van der Waals surface area contributed by atoms with Gasteiger partial charge in [0, 0.05) is 12.6 Å². The van der Waals surface area contributed by atoms with Crippen LogP contribution in [-0.2, 0) is 9.59 Å². The average molecular weight is 272 g/mol. The molecule has 1 atom stereocenters. The summed E-state index contributed by atoms with van der Waals surface area (Å²) in [5, 5.41) is 17.5. The molecule has 0 aliphatic carbocycles. The second-order valence-corrected chi connectivity index (χ2v) is 5.07. The highest BCUT2D eigenvalue weighted by Crippen LogP contribution is 2.24. The minimum absolute atomic E-state index is 0.0533. The van der Waals surface area contributed by atoms with E-state index in [4.69, 9.17) is 10.2 Å². The number of carboxylic acids is 2. The van der Waals surface area contributed by atoms with E-state index in [9.17, 15) is 14.4 Å². The molecular weight excluding hydrogens is 252 g/mol. The first-order valence-electron chi connectivity index (χ1n) is 6.32. The number of likely N-dealkylation sites (tertiary alicyclic amines) is 1. The zero-order chi connectivity index (χ0) is 14.6. The number of hydrogen-bond acceptors (Lipinski definition) is 3. The first kappa shape index (κ1) is 15.3. The van der Waals surface area contributed by atoms with Gasteiger partial charge in [-0.2, -0.15) is 0 Å². The smallest absolute Gasteiger partial charge is 0.323 e. The third kappa shape index (κ3) is 4.11. The van der Waals surface area contributed by atoms with Crippen LogP contribution in [0.5, 0.6) is 0 Å². The van der Waals surface area contributed by atoms with Crippen molar-refractivity contribution < 1.29 is 24.6 Å². The summed E-state index contributed by atoms with van der Waals surface area (Å²) in [6.07, 6.45) is 1.74. The number of carbonyl (C=O) groups is 3. The molecule has 1 aliphatic heterocycles. The summed E-state index contributed by atoms with van der Waals surface area (Å²) in [4.78, 5) is 36.2. The van der Waals surface area contributed by atoms with Gasteiger partial charge in [-0.1, -0.05) is 13.8 Å². The Kier molecular flexibility index (Phi) is 5.14. The number of aliphatic carboxylic acids is 2. The summed E-state index contributed by atoms with van der Waals surface area (Å²) in [6.45, 7) is 3.36. The first-order chi connectivity index (χ1) is 8.82. The van der Waals surface area contributed by atoms with Crippen LogP contribution in [0, 0.1) is 5.92 Å².